The van der Waals surface area contributed by atoms with E-state index in [9.17, 15) is 9.59 Å². The first-order chi connectivity index (χ1) is 16.1. The van der Waals surface area contributed by atoms with Gasteiger partial charge < -0.3 is 19.5 Å². The molecule has 0 saturated heterocycles. The van der Waals surface area contributed by atoms with Gasteiger partial charge in [-0.05, 0) is 35.9 Å². The standard InChI is InChI=1S/C23H21N5O5/c1-31-19-9-8-15(12-20(19)32-2)18-14-33-23(30)28(27-18)13-16-6-3-4-7-17(16)26-22(29)21-24-10-5-11-25-21/h3-12H,13-14H2,1-2H3,(H,26,29). The second-order valence-corrected chi connectivity index (χ2v) is 6.91. The molecule has 3 aromatic rings. The summed E-state index contributed by atoms with van der Waals surface area (Å²) in [6.45, 7) is 0.107. The minimum Gasteiger partial charge on any atom is -0.493 e. The third kappa shape index (κ3) is 4.90. The van der Waals surface area contributed by atoms with Crippen LogP contribution in [0, 0.1) is 0 Å². The number of rotatable bonds is 7. The molecule has 33 heavy (non-hydrogen) atoms. The summed E-state index contributed by atoms with van der Waals surface area (Å²) >= 11 is 0. The van der Waals surface area contributed by atoms with Crippen molar-refractivity contribution in [2.24, 2.45) is 5.10 Å². The Morgan fingerprint density at radius 3 is 2.58 bits per heavy atom. The third-order valence-electron chi connectivity index (χ3n) is 4.86. The topological polar surface area (TPSA) is 115 Å². The summed E-state index contributed by atoms with van der Waals surface area (Å²) in [5, 5.41) is 8.47. The van der Waals surface area contributed by atoms with Crippen molar-refractivity contribution < 1.29 is 23.8 Å². The van der Waals surface area contributed by atoms with Crippen molar-refractivity contribution in [1.82, 2.24) is 15.0 Å². The van der Waals surface area contributed by atoms with Crippen molar-refractivity contribution in [3.63, 3.8) is 0 Å². The van der Waals surface area contributed by atoms with Crippen molar-refractivity contribution in [2.45, 2.75) is 6.54 Å². The lowest BCUT2D eigenvalue weighted by Crippen LogP contribution is -2.35. The Bertz CT molecular complexity index is 1200. The van der Waals surface area contributed by atoms with Crippen LogP contribution in [-0.2, 0) is 11.3 Å². The molecule has 0 atom stereocenters. The molecule has 1 N–H and O–H groups in total. The Hall–Kier alpha value is -4.47. The number of aromatic nitrogens is 2. The smallest absolute Gasteiger partial charge is 0.431 e. The molecular weight excluding hydrogens is 426 g/mol. The van der Waals surface area contributed by atoms with Crippen LogP contribution in [0.15, 0.2) is 66.0 Å². The van der Waals surface area contributed by atoms with Crippen LogP contribution < -0.4 is 14.8 Å². The number of cyclic esters (lactones) is 1. The zero-order valence-electron chi connectivity index (χ0n) is 18.0. The van der Waals surface area contributed by atoms with Gasteiger partial charge in [0.1, 0.15) is 12.3 Å². The molecule has 1 aromatic heterocycles. The summed E-state index contributed by atoms with van der Waals surface area (Å²) < 4.78 is 15.9. The fourth-order valence-electron chi connectivity index (χ4n) is 3.21. The summed E-state index contributed by atoms with van der Waals surface area (Å²) in [5.74, 6) is 0.702. The highest BCUT2D eigenvalue weighted by molar-refractivity contribution is 6.04. The number of para-hydroxylation sites is 1. The maximum Gasteiger partial charge on any atom is 0.431 e. The van der Waals surface area contributed by atoms with Gasteiger partial charge in [0.05, 0.1) is 20.8 Å². The van der Waals surface area contributed by atoms with Gasteiger partial charge in [-0.2, -0.15) is 10.1 Å². The van der Waals surface area contributed by atoms with Gasteiger partial charge in [0.25, 0.3) is 5.91 Å². The summed E-state index contributed by atoms with van der Waals surface area (Å²) in [7, 11) is 3.10. The molecule has 1 aliphatic heterocycles. The molecule has 0 radical (unpaired) electrons. The number of methoxy groups -OCH3 is 2. The molecule has 0 spiro atoms. The van der Waals surface area contributed by atoms with E-state index in [4.69, 9.17) is 14.2 Å². The number of carbonyl (C=O) groups excluding carboxylic acids is 2. The van der Waals surface area contributed by atoms with Crippen LogP contribution in [0.4, 0.5) is 10.5 Å². The Morgan fingerprint density at radius 1 is 1.06 bits per heavy atom. The maximum atomic E-state index is 12.5. The number of anilines is 1. The van der Waals surface area contributed by atoms with Crippen molar-refractivity contribution in [3.8, 4) is 11.5 Å². The van der Waals surface area contributed by atoms with E-state index in [0.717, 1.165) is 5.56 Å². The van der Waals surface area contributed by atoms with Gasteiger partial charge in [-0.1, -0.05) is 18.2 Å². The predicted molar refractivity (Wildman–Crippen MR) is 119 cm³/mol. The monoisotopic (exact) mass is 447 g/mol. The number of hydrogen-bond donors (Lipinski definition) is 1. The number of benzene rings is 2. The summed E-state index contributed by atoms with van der Waals surface area (Å²) in [4.78, 5) is 32.8. The minimum absolute atomic E-state index is 0.0224. The molecule has 0 unspecified atom stereocenters. The highest BCUT2D eigenvalue weighted by atomic mass is 16.6. The molecule has 2 heterocycles. The second-order valence-electron chi connectivity index (χ2n) is 6.91. The van der Waals surface area contributed by atoms with Gasteiger partial charge >= 0.3 is 6.09 Å². The van der Waals surface area contributed by atoms with Crippen LogP contribution in [0.3, 0.4) is 0 Å². The number of nitrogens with one attached hydrogen (secondary N) is 1. The van der Waals surface area contributed by atoms with Gasteiger partial charge in [-0.3, -0.25) is 4.79 Å². The molecule has 10 nitrogen and oxygen atoms in total. The highest BCUT2D eigenvalue weighted by Gasteiger charge is 2.25. The Labute approximate surface area is 189 Å². The van der Waals surface area contributed by atoms with E-state index in [0.29, 0.717) is 28.5 Å². The molecule has 1 aliphatic rings. The molecule has 2 aromatic carbocycles. The number of hydrazone groups is 1. The first-order valence-electron chi connectivity index (χ1n) is 9.99. The lowest BCUT2D eigenvalue weighted by Gasteiger charge is -2.24. The highest BCUT2D eigenvalue weighted by Crippen LogP contribution is 2.29. The van der Waals surface area contributed by atoms with E-state index >= 15 is 0 Å². The molecule has 0 fully saturated rings. The van der Waals surface area contributed by atoms with Crippen LogP contribution in [-0.4, -0.2) is 53.5 Å². The van der Waals surface area contributed by atoms with E-state index < -0.39 is 12.0 Å². The van der Waals surface area contributed by atoms with Crippen LogP contribution >= 0.6 is 0 Å². The predicted octanol–water partition coefficient (Wildman–Crippen LogP) is 3.10. The van der Waals surface area contributed by atoms with Gasteiger partial charge in [-0.15, -0.1) is 0 Å². The van der Waals surface area contributed by atoms with Crippen LogP contribution in [0.1, 0.15) is 21.7 Å². The fourth-order valence-corrected chi connectivity index (χ4v) is 3.21. The Morgan fingerprint density at radius 2 is 1.82 bits per heavy atom. The molecule has 2 amide bonds. The molecular formula is C23H21N5O5. The minimum atomic E-state index is -0.591. The van der Waals surface area contributed by atoms with Gasteiger partial charge in [0, 0.05) is 23.6 Å². The Kier molecular flexibility index (Phi) is 6.44. The fraction of sp³-hybridized carbons (Fsp3) is 0.174. The van der Waals surface area contributed by atoms with Crippen molar-refractivity contribution >= 4 is 23.4 Å². The largest absolute Gasteiger partial charge is 0.493 e. The lowest BCUT2D eigenvalue weighted by molar-refractivity contribution is 0.101. The first-order valence-corrected chi connectivity index (χ1v) is 9.99. The molecule has 168 valence electrons. The first kappa shape index (κ1) is 21.8. The number of hydrogen-bond acceptors (Lipinski definition) is 8. The number of amides is 2. The van der Waals surface area contributed by atoms with Crippen molar-refractivity contribution in [1.29, 1.82) is 0 Å². The molecule has 10 heteroatoms. The molecule has 0 saturated carbocycles. The molecule has 4 rings (SSSR count). The Balaban J connectivity index is 1.57. The van der Waals surface area contributed by atoms with Gasteiger partial charge in [0.15, 0.2) is 11.5 Å². The molecule has 0 aliphatic carbocycles. The number of carbonyl (C=O) groups is 2. The normalized spacial score (nSPS) is 13.1. The summed E-state index contributed by atoms with van der Waals surface area (Å²) in [5.41, 5.74) is 2.45. The third-order valence-corrected chi connectivity index (χ3v) is 4.86. The number of nitrogens with zero attached hydrogens (tertiary/aromatic N) is 4. The van der Waals surface area contributed by atoms with Crippen molar-refractivity contribution in [3.05, 3.63) is 77.9 Å². The van der Waals surface area contributed by atoms with E-state index in [2.05, 4.69) is 20.4 Å². The van der Waals surface area contributed by atoms with E-state index in [1.54, 1.807) is 56.7 Å². The average molecular weight is 447 g/mol. The average Bonchev–Trinajstić information content (AvgIpc) is 2.86. The lowest BCUT2D eigenvalue weighted by atomic mass is 10.1. The van der Waals surface area contributed by atoms with Crippen LogP contribution in [0.2, 0.25) is 0 Å². The van der Waals surface area contributed by atoms with Gasteiger partial charge in [0.2, 0.25) is 5.82 Å². The van der Waals surface area contributed by atoms with Crippen molar-refractivity contribution in [2.75, 3.05) is 26.1 Å². The zero-order chi connectivity index (χ0) is 23.2. The summed E-state index contributed by atoms with van der Waals surface area (Å²) in [6, 6.07) is 14.1. The zero-order valence-corrected chi connectivity index (χ0v) is 18.0. The number of ether oxygens (including phenoxy) is 3. The summed E-state index contributed by atoms with van der Waals surface area (Å²) in [6.07, 6.45) is 2.39. The maximum absolute atomic E-state index is 12.5. The van der Waals surface area contributed by atoms with Crippen LogP contribution in [0.5, 0.6) is 11.5 Å². The second kappa shape index (κ2) is 9.77. The SMILES string of the molecule is COc1ccc(C2=NN(Cc3ccccc3NC(=O)c3ncccn3)C(=O)OC2)cc1OC. The van der Waals surface area contributed by atoms with E-state index in [1.807, 2.05) is 6.07 Å². The quantitative estimate of drug-likeness (QED) is 0.592. The van der Waals surface area contributed by atoms with E-state index in [-0.39, 0.29) is 19.0 Å². The van der Waals surface area contributed by atoms with Crippen LogP contribution in [0.25, 0.3) is 0 Å². The van der Waals surface area contributed by atoms with E-state index in [1.165, 1.54) is 17.4 Å². The van der Waals surface area contributed by atoms with Gasteiger partial charge in [-0.25, -0.2) is 14.8 Å². The molecule has 0 bridgehead atoms.